The van der Waals surface area contributed by atoms with Gasteiger partial charge >= 0.3 is 5.97 Å². The Balaban J connectivity index is 2.32. The molecule has 0 aliphatic heterocycles. The molecule has 0 fully saturated rings. The molecule has 1 atom stereocenters. The summed E-state index contributed by atoms with van der Waals surface area (Å²) in [6, 6.07) is 13.4. The van der Waals surface area contributed by atoms with E-state index in [0.717, 1.165) is 16.8 Å². The summed E-state index contributed by atoms with van der Waals surface area (Å²) in [7, 11) is 1.94. The molecule has 1 unspecified atom stereocenters. The Morgan fingerprint density at radius 2 is 1.83 bits per heavy atom. The van der Waals surface area contributed by atoms with Crippen LogP contribution in [0.25, 0.3) is 0 Å². The summed E-state index contributed by atoms with van der Waals surface area (Å²) in [6.07, 6.45) is 1.74. The SMILES string of the molecule is Cc1ncccc1C(C(=O)OC(C)(C)C)N(C)Cc1ccccc1. The van der Waals surface area contributed by atoms with E-state index in [1.54, 1.807) is 6.20 Å². The molecule has 0 amide bonds. The van der Waals surface area contributed by atoms with Crippen molar-refractivity contribution in [1.82, 2.24) is 9.88 Å². The maximum atomic E-state index is 12.9. The fourth-order valence-corrected chi connectivity index (χ4v) is 2.65. The number of nitrogens with zero attached hydrogens (tertiary/aromatic N) is 2. The summed E-state index contributed by atoms with van der Waals surface area (Å²) in [5.41, 5.74) is 2.34. The maximum Gasteiger partial charge on any atom is 0.328 e. The highest BCUT2D eigenvalue weighted by Crippen LogP contribution is 2.26. The van der Waals surface area contributed by atoms with E-state index >= 15 is 0 Å². The van der Waals surface area contributed by atoms with Gasteiger partial charge in [0.25, 0.3) is 0 Å². The minimum Gasteiger partial charge on any atom is -0.459 e. The van der Waals surface area contributed by atoms with E-state index in [4.69, 9.17) is 4.74 Å². The lowest BCUT2D eigenvalue weighted by Gasteiger charge is -2.30. The zero-order valence-electron chi connectivity index (χ0n) is 15.1. The van der Waals surface area contributed by atoms with E-state index in [2.05, 4.69) is 17.1 Å². The Morgan fingerprint density at radius 3 is 2.42 bits per heavy atom. The Bertz CT molecular complexity index is 678. The van der Waals surface area contributed by atoms with Gasteiger partial charge in [-0.05, 0) is 46.4 Å². The van der Waals surface area contributed by atoms with Gasteiger partial charge in [0.1, 0.15) is 11.6 Å². The molecule has 0 spiro atoms. The number of esters is 1. The predicted octanol–water partition coefficient (Wildman–Crippen LogP) is 3.90. The van der Waals surface area contributed by atoms with Crippen LogP contribution in [0.2, 0.25) is 0 Å². The van der Waals surface area contributed by atoms with Gasteiger partial charge in [-0.2, -0.15) is 0 Å². The van der Waals surface area contributed by atoms with E-state index < -0.39 is 11.6 Å². The Kier molecular flexibility index (Phi) is 5.73. The van der Waals surface area contributed by atoms with E-state index in [-0.39, 0.29) is 5.97 Å². The molecule has 4 nitrogen and oxygen atoms in total. The van der Waals surface area contributed by atoms with Gasteiger partial charge in [0, 0.05) is 24.0 Å². The summed E-state index contributed by atoms with van der Waals surface area (Å²) in [5, 5.41) is 0. The third kappa shape index (κ3) is 4.90. The van der Waals surface area contributed by atoms with Gasteiger partial charge in [-0.3, -0.25) is 9.88 Å². The molecular weight excluding hydrogens is 300 g/mol. The van der Waals surface area contributed by atoms with Crippen molar-refractivity contribution in [3.63, 3.8) is 0 Å². The van der Waals surface area contributed by atoms with Gasteiger partial charge in [-0.1, -0.05) is 36.4 Å². The maximum absolute atomic E-state index is 12.9. The normalized spacial score (nSPS) is 12.9. The van der Waals surface area contributed by atoms with Gasteiger partial charge in [-0.15, -0.1) is 0 Å². The molecule has 24 heavy (non-hydrogen) atoms. The van der Waals surface area contributed by atoms with Gasteiger partial charge in [0.2, 0.25) is 0 Å². The van der Waals surface area contributed by atoms with Crippen LogP contribution < -0.4 is 0 Å². The molecule has 0 saturated heterocycles. The third-order valence-electron chi connectivity index (χ3n) is 3.69. The molecule has 1 aromatic carbocycles. The zero-order chi connectivity index (χ0) is 17.7. The summed E-state index contributed by atoms with van der Waals surface area (Å²) >= 11 is 0. The van der Waals surface area contributed by atoms with Gasteiger partial charge in [0.05, 0.1) is 0 Å². The van der Waals surface area contributed by atoms with Gasteiger partial charge in [0.15, 0.2) is 0 Å². The third-order valence-corrected chi connectivity index (χ3v) is 3.69. The lowest BCUT2D eigenvalue weighted by Crippen LogP contribution is -2.36. The quantitative estimate of drug-likeness (QED) is 0.782. The molecule has 2 aromatic rings. The van der Waals surface area contributed by atoms with E-state index in [1.807, 2.05) is 70.0 Å². The van der Waals surface area contributed by atoms with Crippen LogP contribution in [0.15, 0.2) is 48.7 Å². The summed E-state index contributed by atoms with van der Waals surface area (Å²) in [6.45, 7) is 8.22. The number of benzene rings is 1. The predicted molar refractivity (Wildman–Crippen MR) is 95.5 cm³/mol. The molecule has 1 aromatic heterocycles. The van der Waals surface area contributed by atoms with Crippen molar-refractivity contribution in [3.05, 3.63) is 65.5 Å². The first-order chi connectivity index (χ1) is 11.3. The smallest absolute Gasteiger partial charge is 0.328 e. The number of likely N-dealkylation sites (N-methyl/N-ethyl adjacent to an activating group) is 1. The summed E-state index contributed by atoms with van der Waals surface area (Å²) in [5.74, 6) is -0.253. The topological polar surface area (TPSA) is 42.4 Å². The van der Waals surface area contributed by atoms with Crippen LogP contribution in [0.1, 0.15) is 43.6 Å². The number of hydrogen-bond acceptors (Lipinski definition) is 4. The van der Waals surface area contributed by atoms with Crippen LogP contribution in [0.3, 0.4) is 0 Å². The highest BCUT2D eigenvalue weighted by molar-refractivity contribution is 5.78. The van der Waals surface area contributed by atoms with Crippen LogP contribution in [0.5, 0.6) is 0 Å². The van der Waals surface area contributed by atoms with Crippen LogP contribution in [0, 0.1) is 6.92 Å². The van der Waals surface area contributed by atoms with Gasteiger partial charge < -0.3 is 4.74 Å². The number of rotatable bonds is 5. The first-order valence-corrected chi connectivity index (χ1v) is 8.16. The van der Waals surface area contributed by atoms with Crippen molar-refractivity contribution in [2.45, 2.75) is 45.9 Å². The van der Waals surface area contributed by atoms with Crippen molar-refractivity contribution >= 4 is 5.97 Å². The van der Waals surface area contributed by atoms with Crippen molar-refractivity contribution in [1.29, 1.82) is 0 Å². The minimum atomic E-state index is -0.529. The minimum absolute atomic E-state index is 0.253. The van der Waals surface area contributed by atoms with Crippen LogP contribution in [-0.2, 0) is 16.1 Å². The second-order valence-corrected chi connectivity index (χ2v) is 7.01. The average Bonchev–Trinajstić information content (AvgIpc) is 2.48. The molecule has 0 aliphatic carbocycles. The van der Waals surface area contributed by atoms with E-state index in [1.165, 1.54) is 0 Å². The lowest BCUT2D eigenvalue weighted by atomic mass is 10.0. The molecular formula is C20H26N2O2. The second kappa shape index (κ2) is 7.58. The Labute approximate surface area is 144 Å². The number of aryl methyl sites for hydroxylation is 1. The Hall–Kier alpha value is -2.20. The lowest BCUT2D eigenvalue weighted by molar-refractivity contribution is -0.161. The molecule has 0 aliphatic rings. The molecule has 2 rings (SSSR count). The highest BCUT2D eigenvalue weighted by Gasteiger charge is 2.31. The van der Waals surface area contributed by atoms with Gasteiger partial charge in [-0.25, -0.2) is 4.79 Å². The van der Waals surface area contributed by atoms with Crippen LogP contribution in [0.4, 0.5) is 0 Å². The molecule has 0 N–H and O–H groups in total. The number of carbonyl (C=O) groups is 1. The van der Waals surface area contributed by atoms with Crippen molar-refractivity contribution in [2.24, 2.45) is 0 Å². The van der Waals surface area contributed by atoms with Crippen molar-refractivity contribution < 1.29 is 9.53 Å². The fourth-order valence-electron chi connectivity index (χ4n) is 2.65. The van der Waals surface area contributed by atoms with E-state index in [9.17, 15) is 4.79 Å². The second-order valence-electron chi connectivity index (χ2n) is 7.01. The number of ether oxygens (including phenoxy) is 1. The summed E-state index contributed by atoms with van der Waals surface area (Å²) < 4.78 is 5.66. The zero-order valence-corrected chi connectivity index (χ0v) is 15.1. The first-order valence-electron chi connectivity index (χ1n) is 8.16. The highest BCUT2D eigenvalue weighted by atomic mass is 16.6. The molecule has 4 heteroatoms. The standard InChI is InChI=1S/C20H26N2O2/c1-15-17(12-9-13-21-15)18(19(23)24-20(2,3)4)22(5)14-16-10-7-6-8-11-16/h6-13,18H,14H2,1-5H3. The number of carbonyl (C=O) groups excluding carboxylic acids is 1. The van der Waals surface area contributed by atoms with Crippen molar-refractivity contribution in [3.8, 4) is 0 Å². The number of hydrogen-bond donors (Lipinski definition) is 0. The Morgan fingerprint density at radius 1 is 1.17 bits per heavy atom. The monoisotopic (exact) mass is 326 g/mol. The fraction of sp³-hybridized carbons (Fsp3) is 0.400. The molecule has 0 radical (unpaired) electrons. The van der Waals surface area contributed by atoms with Crippen LogP contribution in [-0.4, -0.2) is 28.5 Å². The molecule has 0 saturated carbocycles. The molecule has 0 bridgehead atoms. The molecule has 1 heterocycles. The van der Waals surface area contributed by atoms with Crippen LogP contribution >= 0.6 is 0 Å². The number of aromatic nitrogens is 1. The molecule has 128 valence electrons. The largest absolute Gasteiger partial charge is 0.459 e. The number of pyridine rings is 1. The average molecular weight is 326 g/mol. The first kappa shape index (κ1) is 18.1. The summed E-state index contributed by atoms with van der Waals surface area (Å²) in [4.78, 5) is 19.2. The van der Waals surface area contributed by atoms with E-state index in [0.29, 0.717) is 6.54 Å². The van der Waals surface area contributed by atoms with Crippen molar-refractivity contribution in [2.75, 3.05) is 7.05 Å².